The van der Waals surface area contributed by atoms with Gasteiger partial charge in [0.2, 0.25) is 0 Å². The highest BCUT2D eigenvalue weighted by molar-refractivity contribution is 4.88. The molecule has 1 unspecified atom stereocenters. The molecule has 0 spiro atoms. The second kappa shape index (κ2) is 5.43. The van der Waals surface area contributed by atoms with Crippen LogP contribution >= 0.6 is 0 Å². The van der Waals surface area contributed by atoms with E-state index in [9.17, 15) is 5.11 Å². The molecule has 0 aliphatic heterocycles. The van der Waals surface area contributed by atoms with Gasteiger partial charge in [-0.15, -0.1) is 6.58 Å². The summed E-state index contributed by atoms with van der Waals surface area (Å²) in [7, 11) is 0. The van der Waals surface area contributed by atoms with Gasteiger partial charge in [-0.2, -0.15) is 0 Å². The van der Waals surface area contributed by atoms with Gasteiger partial charge in [0, 0.05) is 0 Å². The molecule has 0 saturated heterocycles. The third kappa shape index (κ3) is 4.47. The number of hydrogen-bond donors (Lipinski definition) is 1. The second-order valence-electron chi connectivity index (χ2n) is 4.54. The molecule has 0 aromatic carbocycles. The average Bonchev–Trinajstić information content (AvgIpc) is 2.53. The maximum Gasteiger partial charge on any atom is 0.0546 e. The van der Waals surface area contributed by atoms with E-state index in [2.05, 4.69) is 6.58 Å². The molecule has 1 heteroatoms. The minimum atomic E-state index is -0.0835. The van der Waals surface area contributed by atoms with Crippen LogP contribution in [0.5, 0.6) is 0 Å². The SMILES string of the molecule is C=C(C)CCC(O)CC1CCCC1. The summed E-state index contributed by atoms with van der Waals surface area (Å²) in [4.78, 5) is 0. The molecule has 1 aliphatic carbocycles. The summed E-state index contributed by atoms with van der Waals surface area (Å²) in [5, 5.41) is 9.72. The van der Waals surface area contributed by atoms with Gasteiger partial charge in [0.1, 0.15) is 0 Å². The molecular formula is C12H22O. The van der Waals surface area contributed by atoms with Gasteiger partial charge in [0.25, 0.3) is 0 Å². The molecule has 76 valence electrons. The van der Waals surface area contributed by atoms with Crippen LogP contribution in [-0.2, 0) is 0 Å². The summed E-state index contributed by atoms with van der Waals surface area (Å²) in [6.07, 6.45) is 8.25. The van der Waals surface area contributed by atoms with Crippen molar-refractivity contribution in [2.75, 3.05) is 0 Å². The number of rotatable bonds is 5. The zero-order chi connectivity index (χ0) is 9.68. The van der Waals surface area contributed by atoms with Gasteiger partial charge in [-0.3, -0.25) is 0 Å². The number of aliphatic hydroxyl groups excluding tert-OH is 1. The fraction of sp³-hybridized carbons (Fsp3) is 0.833. The van der Waals surface area contributed by atoms with Gasteiger partial charge in [0.15, 0.2) is 0 Å². The van der Waals surface area contributed by atoms with Crippen molar-refractivity contribution in [3.8, 4) is 0 Å². The average molecular weight is 182 g/mol. The molecule has 1 atom stereocenters. The van der Waals surface area contributed by atoms with Crippen molar-refractivity contribution in [1.82, 2.24) is 0 Å². The zero-order valence-electron chi connectivity index (χ0n) is 8.76. The topological polar surface area (TPSA) is 20.2 Å². The van der Waals surface area contributed by atoms with Crippen LogP contribution in [0.15, 0.2) is 12.2 Å². The van der Waals surface area contributed by atoms with Crippen molar-refractivity contribution >= 4 is 0 Å². The van der Waals surface area contributed by atoms with Gasteiger partial charge in [-0.25, -0.2) is 0 Å². The van der Waals surface area contributed by atoms with E-state index in [4.69, 9.17) is 0 Å². The molecule has 0 radical (unpaired) electrons. The molecule has 1 fully saturated rings. The first kappa shape index (κ1) is 10.8. The third-order valence-corrected chi connectivity index (χ3v) is 2.98. The van der Waals surface area contributed by atoms with Gasteiger partial charge in [-0.1, -0.05) is 31.3 Å². The normalized spacial score (nSPS) is 20.5. The van der Waals surface area contributed by atoms with Crippen molar-refractivity contribution in [1.29, 1.82) is 0 Å². The van der Waals surface area contributed by atoms with Crippen molar-refractivity contribution in [3.05, 3.63) is 12.2 Å². The number of hydrogen-bond acceptors (Lipinski definition) is 1. The summed E-state index contributed by atoms with van der Waals surface area (Å²) >= 11 is 0. The monoisotopic (exact) mass is 182 g/mol. The Balaban J connectivity index is 2.09. The lowest BCUT2D eigenvalue weighted by atomic mass is 9.97. The van der Waals surface area contributed by atoms with E-state index in [0.29, 0.717) is 0 Å². The fourth-order valence-corrected chi connectivity index (χ4v) is 2.16. The van der Waals surface area contributed by atoms with Gasteiger partial charge < -0.3 is 5.11 Å². The Morgan fingerprint density at radius 3 is 2.62 bits per heavy atom. The predicted molar refractivity (Wildman–Crippen MR) is 56.6 cm³/mol. The van der Waals surface area contributed by atoms with Gasteiger partial charge in [0.05, 0.1) is 6.10 Å². The van der Waals surface area contributed by atoms with Gasteiger partial charge in [-0.05, 0) is 32.1 Å². The minimum Gasteiger partial charge on any atom is -0.393 e. The van der Waals surface area contributed by atoms with E-state index in [1.807, 2.05) is 6.92 Å². The Morgan fingerprint density at radius 2 is 2.08 bits per heavy atom. The first-order valence-corrected chi connectivity index (χ1v) is 5.51. The highest BCUT2D eigenvalue weighted by Crippen LogP contribution is 2.29. The van der Waals surface area contributed by atoms with Crippen molar-refractivity contribution in [2.45, 2.75) is 58.0 Å². The maximum atomic E-state index is 9.72. The first-order chi connectivity index (χ1) is 6.18. The molecule has 13 heavy (non-hydrogen) atoms. The van der Waals surface area contributed by atoms with Crippen LogP contribution in [-0.4, -0.2) is 11.2 Å². The van der Waals surface area contributed by atoms with E-state index in [0.717, 1.165) is 25.2 Å². The smallest absolute Gasteiger partial charge is 0.0546 e. The summed E-state index contributed by atoms with van der Waals surface area (Å²) in [5.74, 6) is 0.806. The number of allylic oxidation sites excluding steroid dienone is 1. The molecule has 0 bridgehead atoms. The van der Waals surface area contributed by atoms with Gasteiger partial charge >= 0.3 is 0 Å². The lowest BCUT2D eigenvalue weighted by Crippen LogP contribution is -2.11. The fourth-order valence-electron chi connectivity index (χ4n) is 2.16. The van der Waals surface area contributed by atoms with Crippen LogP contribution in [0.3, 0.4) is 0 Å². The predicted octanol–water partition coefficient (Wildman–Crippen LogP) is 3.28. The Kier molecular flexibility index (Phi) is 4.51. The van der Waals surface area contributed by atoms with Crippen LogP contribution in [0.4, 0.5) is 0 Å². The van der Waals surface area contributed by atoms with Crippen LogP contribution in [0.1, 0.15) is 51.9 Å². The lowest BCUT2D eigenvalue weighted by Gasteiger charge is -2.14. The molecule has 1 rings (SSSR count). The van der Waals surface area contributed by atoms with E-state index >= 15 is 0 Å². The molecule has 0 amide bonds. The summed E-state index contributed by atoms with van der Waals surface area (Å²) in [6, 6.07) is 0. The van der Waals surface area contributed by atoms with Crippen LogP contribution < -0.4 is 0 Å². The highest BCUT2D eigenvalue weighted by atomic mass is 16.3. The van der Waals surface area contributed by atoms with Crippen LogP contribution in [0.2, 0.25) is 0 Å². The van der Waals surface area contributed by atoms with E-state index in [1.165, 1.54) is 31.3 Å². The van der Waals surface area contributed by atoms with E-state index in [-0.39, 0.29) is 6.10 Å². The molecule has 1 N–H and O–H groups in total. The Hall–Kier alpha value is -0.300. The first-order valence-electron chi connectivity index (χ1n) is 5.51. The largest absolute Gasteiger partial charge is 0.393 e. The van der Waals surface area contributed by atoms with Crippen molar-refractivity contribution in [2.24, 2.45) is 5.92 Å². The summed E-state index contributed by atoms with van der Waals surface area (Å²) in [5.41, 5.74) is 1.19. The second-order valence-corrected chi connectivity index (χ2v) is 4.54. The molecular weight excluding hydrogens is 160 g/mol. The molecule has 0 aromatic heterocycles. The molecule has 1 saturated carbocycles. The van der Waals surface area contributed by atoms with Crippen molar-refractivity contribution in [3.63, 3.8) is 0 Å². The lowest BCUT2D eigenvalue weighted by molar-refractivity contribution is 0.134. The van der Waals surface area contributed by atoms with E-state index < -0.39 is 0 Å². The summed E-state index contributed by atoms with van der Waals surface area (Å²) in [6.45, 7) is 5.88. The Bertz CT molecular complexity index is 157. The zero-order valence-corrected chi connectivity index (χ0v) is 8.76. The molecule has 0 aromatic rings. The highest BCUT2D eigenvalue weighted by Gasteiger charge is 2.18. The Morgan fingerprint density at radius 1 is 1.46 bits per heavy atom. The van der Waals surface area contributed by atoms with E-state index in [1.54, 1.807) is 0 Å². The van der Waals surface area contributed by atoms with Crippen molar-refractivity contribution < 1.29 is 5.11 Å². The number of aliphatic hydroxyl groups is 1. The minimum absolute atomic E-state index is 0.0835. The summed E-state index contributed by atoms with van der Waals surface area (Å²) < 4.78 is 0. The Labute approximate surface area is 81.9 Å². The molecule has 0 heterocycles. The third-order valence-electron chi connectivity index (χ3n) is 2.98. The quantitative estimate of drug-likeness (QED) is 0.647. The molecule has 1 aliphatic rings. The standard InChI is InChI=1S/C12H22O/c1-10(2)7-8-12(13)9-11-5-3-4-6-11/h11-13H,1,3-9H2,2H3. The van der Waals surface area contributed by atoms with Crippen LogP contribution in [0.25, 0.3) is 0 Å². The molecule has 1 nitrogen and oxygen atoms in total. The maximum absolute atomic E-state index is 9.72. The van der Waals surface area contributed by atoms with Crippen LogP contribution in [0, 0.1) is 5.92 Å².